The number of aryl methyl sites for hydroxylation is 1. The Hall–Kier alpha value is -1.35. The zero-order valence-electron chi connectivity index (χ0n) is 11.4. The molecule has 1 atom stereocenters. The van der Waals surface area contributed by atoms with Crippen LogP contribution in [0.5, 0.6) is 0 Å². The Morgan fingerprint density at radius 1 is 1.33 bits per heavy atom. The molecule has 0 saturated heterocycles. The van der Waals surface area contributed by atoms with Crippen molar-refractivity contribution in [3.63, 3.8) is 0 Å². The highest BCUT2D eigenvalue weighted by molar-refractivity contribution is 5.67. The lowest BCUT2D eigenvalue weighted by Crippen LogP contribution is -2.45. The molecule has 0 aliphatic rings. The second-order valence-electron chi connectivity index (χ2n) is 5.51. The van der Waals surface area contributed by atoms with Crippen LogP contribution in [0.25, 0.3) is 0 Å². The van der Waals surface area contributed by atoms with Crippen molar-refractivity contribution in [2.75, 3.05) is 0 Å². The summed E-state index contributed by atoms with van der Waals surface area (Å²) in [5.74, 6) is -0.756. The van der Waals surface area contributed by atoms with Crippen LogP contribution in [0.1, 0.15) is 39.2 Å². The van der Waals surface area contributed by atoms with Crippen molar-refractivity contribution >= 4 is 5.97 Å². The normalized spacial score (nSPS) is 13.3. The van der Waals surface area contributed by atoms with Gasteiger partial charge in [0.2, 0.25) is 0 Å². The van der Waals surface area contributed by atoms with E-state index in [9.17, 15) is 4.79 Å². The number of benzene rings is 1. The molecule has 3 heteroatoms. The molecule has 0 fully saturated rings. The van der Waals surface area contributed by atoms with E-state index in [1.807, 2.05) is 25.1 Å². The van der Waals surface area contributed by atoms with Crippen LogP contribution in [0.3, 0.4) is 0 Å². The third-order valence-electron chi connectivity index (χ3n) is 3.00. The van der Waals surface area contributed by atoms with E-state index >= 15 is 0 Å². The van der Waals surface area contributed by atoms with E-state index < -0.39 is 5.97 Å². The summed E-state index contributed by atoms with van der Waals surface area (Å²) >= 11 is 0. The molecule has 0 aromatic heterocycles. The first kappa shape index (κ1) is 14.7. The predicted octanol–water partition coefficient (Wildman–Crippen LogP) is 2.85. The Bertz CT molecular complexity index is 373. The van der Waals surface area contributed by atoms with Gasteiger partial charge in [-0.2, -0.15) is 0 Å². The lowest BCUT2D eigenvalue weighted by Gasteiger charge is -2.30. The van der Waals surface area contributed by atoms with Gasteiger partial charge in [0.1, 0.15) is 0 Å². The van der Waals surface area contributed by atoms with E-state index in [1.165, 1.54) is 5.56 Å². The molecule has 0 radical (unpaired) electrons. The topological polar surface area (TPSA) is 49.3 Å². The molecule has 0 heterocycles. The maximum Gasteiger partial charge on any atom is 0.304 e. The van der Waals surface area contributed by atoms with Crippen LogP contribution in [0.15, 0.2) is 30.3 Å². The first-order chi connectivity index (χ1) is 8.39. The SMILES string of the molecule is CC(CC(=O)O)NC(C)(C)CCc1ccccc1. The summed E-state index contributed by atoms with van der Waals surface area (Å²) in [6.07, 6.45) is 2.15. The van der Waals surface area contributed by atoms with Gasteiger partial charge in [0, 0.05) is 11.6 Å². The van der Waals surface area contributed by atoms with Crippen molar-refractivity contribution in [1.82, 2.24) is 5.32 Å². The molecule has 0 saturated carbocycles. The Morgan fingerprint density at radius 2 is 1.94 bits per heavy atom. The molecule has 0 aliphatic heterocycles. The summed E-state index contributed by atoms with van der Waals surface area (Å²) in [4.78, 5) is 10.6. The lowest BCUT2D eigenvalue weighted by atomic mass is 9.94. The predicted molar refractivity (Wildman–Crippen MR) is 73.7 cm³/mol. The molecule has 1 rings (SSSR count). The van der Waals surface area contributed by atoms with E-state index in [1.54, 1.807) is 0 Å². The van der Waals surface area contributed by atoms with Gasteiger partial charge in [-0.1, -0.05) is 30.3 Å². The average Bonchev–Trinajstić information content (AvgIpc) is 2.26. The number of carboxylic acid groups (broad SMARTS) is 1. The van der Waals surface area contributed by atoms with E-state index in [4.69, 9.17) is 5.11 Å². The van der Waals surface area contributed by atoms with Gasteiger partial charge in [0.05, 0.1) is 6.42 Å². The van der Waals surface area contributed by atoms with Gasteiger partial charge in [-0.05, 0) is 39.2 Å². The third kappa shape index (κ3) is 5.82. The van der Waals surface area contributed by atoms with Crippen LogP contribution in [-0.2, 0) is 11.2 Å². The van der Waals surface area contributed by atoms with Gasteiger partial charge in [-0.3, -0.25) is 4.79 Å². The summed E-state index contributed by atoms with van der Waals surface area (Å²) in [5, 5.41) is 12.1. The second kappa shape index (κ2) is 6.55. The summed E-state index contributed by atoms with van der Waals surface area (Å²) in [6, 6.07) is 10.3. The number of carbonyl (C=O) groups is 1. The Morgan fingerprint density at radius 3 is 2.50 bits per heavy atom. The average molecular weight is 249 g/mol. The quantitative estimate of drug-likeness (QED) is 0.781. The summed E-state index contributed by atoms with van der Waals surface area (Å²) in [5.41, 5.74) is 1.27. The third-order valence-corrected chi connectivity index (χ3v) is 3.00. The minimum Gasteiger partial charge on any atom is -0.481 e. The highest BCUT2D eigenvalue weighted by Gasteiger charge is 2.20. The Balaban J connectivity index is 2.42. The van der Waals surface area contributed by atoms with Crippen molar-refractivity contribution in [3.05, 3.63) is 35.9 Å². The standard InChI is InChI=1S/C15H23NO2/c1-12(11-14(17)18)16-15(2,3)10-9-13-7-5-4-6-8-13/h4-8,12,16H,9-11H2,1-3H3,(H,17,18). The van der Waals surface area contributed by atoms with E-state index in [2.05, 4.69) is 31.3 Å². The van der Waals surface area contributed by atoms with Gasteiger partial charge < -0.3 is 10.4 Å². The van der Waals surface area contributed by atoms with Crippen LogP contribution >= 0.6 is 0 Å². The number of hydrogen-bond donors (Lipinski definition) is 2. The van der Waals surface area contributed by atoms with Crippen LogP contribution in [0.2, 0.25) is 0 Å². The zero-order chi connectivity index (χ0) is 13.6. The molecule has 0 spiro atoms. The first-order valence-electron chi connectivity index (χ1n) is 6.42. The number of hydrogen-bond acceptors (Lipinski definition) is 2. The zero-order valence-corrected chi connectivity index (χ0v) is 11.4. The number of carboxylic acids is 1. The minimum absolute atomic E-state index is 0.00623. The van der Waals surface area contributed by atoms with Gasteiger partial charge in [0.15, 0.2) is 0 Å². The fourth-order valence-corrected chi connectivity index (χ4v) is 2.15. The summed E-state index contributed by atoms with van der Waals surface area (Å²) < 4.78 is 0. The molecule has 2 N–H and O–H groups in total. The van der Waals surface area contributed by atoms with Crippen LogP contribution < -0.4 is 5.32 Å². The largest absolute Gasteiger partial charge is 0.481 e. The smallest absolute Gasteiger partial charge is 0.304 e. The summed E-state index contributed by atoms with van der Waals surface area (Å²) in [7, 11) is 0. The highest BCUT2D eigenvalue weighted by Crippen LogP contribution is 2.15. The molecule has 1 aromatic rings. The number of rotatable bonds is 7. The molecular formula is C15H23NO2. The van der Waals surface area contributed by atoms with Gasteiger partial charge in [0.25, 0.3) is 0 Å². The number of nitrogens with one attached hydrogen (secondary N) is 1. The Kier molecular flexibility index (Phi) is 5.35. The molecular weight excluding hydrogens is 226 g/mol. The minimum atomic E-state index is -0.756. The summed E-state index contributed by atoms with van der Waals surface area (Å²) in [6.45, 7) is 6.15. The molecule has 0 amide bonds. The van der Waals surface area contributed by atoms with Crippen molar-refractivity contribution in [1.29, 1.82) is 0 Å². The van der Waals surface area contributed by atoms with Crippen LogP contribution in [0, 0.1) is 0 Å². The lowest BCUT2D eigenvalue weighted by molar-refractivity contribution is -0.137. The van der Waals surface area contributed by atoms with Crippen LogP contribution in [-0.4, -0.2) is 22.7 Å². The molecule has 18 heavy (non-hydrogen) atoms. The molecule has 0 aliphatic carbocycles. The molecule has 3 nitrogen and oxygen atoms in total. The highest BCUT2D eigenvalue weighted by atomic mass is 16.4. The number of aliphatic carboxylic acids is 1. The van der Waals surface area contributed by atoms with E-state index in [-0.39, 0.29) is 18.0 Å². The second-order valence-corrected chi connectivity index (χ2v) is 5.51. The monoisotopic (exact) mass is 249 g/mol. The van der Waals surface area contributed by atoms with E-state index in [0.717, 1.165) is 12.8 Å². The molecule has 0 bridgehead atoms. The van der Waals surface area contributed by atoms with Gasteiger partial charge >= 0.3 is 5.97 Å². The molecule has 1 unspecified atom stereocenters. The maximum atomic E-state index is 10.6. The molecule has 100 valence electrons. The Labute approximate surface area is 109 Å². The van der Waals surface area contributed by atoms with Crippen molar-refractivity contribution in [3.8, 4) is 0 Å². The van der Waals surface area contributed by atoms with Gasteiger partial charge in [-0.25, -0.2) is 0 Å². The van der Waals surface area contributed by atoms with Crippen molar-refractivity contribution < 1.29 is 9.90 Å². The fraction of sp³-hybridized carbons (Fsp3) is 0.533. The molecule has 1 aromatic carbocycles. The first-order valence-corrected chi connectivity index (χ1v) is 6.42. The fourth-order valence-electron chi connectivity index (χ4n) is 2.15. The van der Waals surface area contributed by atoms with Crippen molar-refractivity contribution in [2.24, 2.45) is 0 Å². The van der Waals surface area contributed by atoms with Gasteiger partial charge in [-0.15, -0.1) is 0 Å². The maximum absolute atomic E-state index is 10.6. The van der Waals surface area contributed by atoms with Crippen molar-refractivity contribution in [2.45, 2.75) is 51.6 Å². The van der Waals surface area contributed by atoms with E-state index in [0.29, 0.717) is 0 Å². The van der Waals surface area contributed by atoms with Crippen LogP contribution in [0.4, 0.5) is 0 Å².